The summed E-state index contributed by atoms with van der Waals surface area (Å²) < 4.78 is 0. The second-order valence-corrected chi connectivity index (χ2v) is 5.38. The van der Waals surface area contributed by atoms with Gasteiger partial charge in [0.25, 0.3) is 0 Å². The third kappa shape index (κ3) is 3.25. The number of likely N-dealkylation sites (tertiary alicyclic amines) is 1. The first-order valence-corrected chi connectivity index (χ1v) is 7.05. The molecule has 1 saturated heterocycles. The van der Waals surface area contributed by atoms with Gasteiger partial charge in [-0.05, 0) is 62.5 Å². The summed E-state index contributed by atoms with van der Waals surface area (Å²) in [6.07, 6.45) is 1.84. The van der Waals surface area contributed by atoms with Crippen molar-refractivity contribution < 1.29 is 4.79 Å². The van der Waals surface area contributed by atoms with E-state index in [1.807, 2.05) is 24.3 Å². The summed E-state index contributed by atoms with van der Waals surface area (Å²) >= 11 is 0. The lowest BCUT2D eigenvalue weighted by atomic mass is 9.96. The molecule has 0 atom stereocenters. The maximum atomic E-state index is 12.2. The van der Waals surface area contributed by atoms with Crippen LogP contribution < -0.4 is 5.32 Å². The smallest absolute Gasteiger partial charge is 0.227 e. The Bertz CT molecular complexity index is 586. The van der Waals surface area contributed by atoms with E-state index in [0.717, 1.165) is 37.2 Å². The lowest BCUT2D eigenvalue weighted by Gasteiger charge is -2.28. The molecule has 2 aromatic rings. The van der Waals surface area contributed by atoms with Crippen molar-refractivity contribution in [2.24, 2.45) is 5.92 Å². The number of carbonyl (C=O) groups excluding carboxylic acids is 1. The van der Waals surface area contributed by atoms with E-state index in [9.17, 15) is 4.79 Å². The van der Waals surface area contributed by atoms with Crippen molar-refractivity contribution in [3.8, 4) is 11.4 Å². The van der Waals surface area contributed by atoms with Crippen LogP contribution >= 0.6 is 0 Å². The predicted molar refractivity (Wildman–Crippen MR) is 78.5 cm³/mol. The molecule has 1 fully saturated rings. The Labute approximate surface area is 122 Å². The van der Waals surface area contributed by atoms with Gasteiger partial charge in [-0.1, -0.05) is 0 Å². The fourth-order valence-corrected chi connectivity index (χ4v) is 2.50. The molecule has 0 unspecified atom stereocenters. The van der Waals surface area contributed by atoms with Gasteiger partial charge < -0.3 is 10.2 Å². The lowest BCUT2D eigenvalue weighted by molar-refractivity contribution is -0.121. The maximum absolute atomic E-state index is 12.2. The molecule has 1 aliphatic heterocycles. The quantitative estimate of drug-likeness (QED) is 0.883. The summed E-state index contributed by atoms with van der Waals surface area (Å²) in [5, 5.41) is 16.8. The molecule has 21 heavy (non-hydrogen) atoms. The van der Waals surface area contributed by atoms with E-state index in [-0.39, 0.29) is 11.8 Å². The van der Waals surface area contributed by atoms with Crippen LogP contribution in [0, 0.1) is 5.92 Å². The molecule has 0 saturated carbocycles. The zero-order valence-electron chi connectivity index (χ0n) is 11.9. The summed E-state index contributed by atoms with van der Waals surface area (Å²) in [6.45, 7) is 1.96. The Morgan fingerprint density at radius 1 is 1.29 bits per heavy atom. The van der Waals surface area contributed by atoms with Crippen LogP contribution in [-0.2, 0) is 4.79 Å². The van der Waals surface area contributed by atoms with E-state index >= 15 is 0 Å². The lowest BCUT2D eigenvalue weighted by Crippen LogP contribution is -2.35. The molecule has 1 aromatic carbocycles. The fourth-order valence-electron chi connectivity index (χ4n) is 2.50. The highest BCUT2D eigenvalue weighted by Gasteiger charge is 2.23. The number of hydrogen-bond donors (Lipinski definition) is 2. The SMILES string of the molecule is CN1CCC(C(=O)Nc2ccc(-c3nn[nH]n3)cc2)CC1. The highest BCUT2D eigenvalue weighted by molar-refractivity contribution is 5.92. The number of hydrogen-bond acceptors (Lipinski definition) is 5. The van der Waals surface area contributed by atoms with Crippen molar-refractivity contribution in [1.29, 1.82) is 0 Å². The van der Waals surface area contributed by atoms with Gasteiger partial charge in [-0.3, -0.25) is 4.79 Å². The van der Waals surface area contributed by atoms with Crippen molar-refractivity contribution >= 4 is 11.6 Å². The van der Waals surface area contributed by atoms with Crippen LogP contribution in [0.3, 0.4) is 0 Å². The van der Waals surface area contributed by atoms with E-state index < -0.39 is 0 Å². The molecule has 7 nitrogen and oxygen atoms in total. The van der Waals surface area contributed by atoms with Crippen LogP contribution in [-0.4, -0.2) is 51.6 Å². The van der Waals surface area contributed by atoms with Crippen LogP contribution in [0.1, 0.15) is 12.8 Å². The minimum Gasteiger partial charge on any atom is -0.326 e. The van der Waals surface area contributed by atoms with E-state index in [4.69, 9.17) is 0 Å². The van der Waals surface area contributed by atoms with E-state index in [1.54, 1.807) is 0 Å². The summed E-state index contributed by atoms with van der Waals surface area (Å²) in [5.41, 5.74) is 1.66. The molecule has 1 aliphatic rings. The van der Waals surface area contributed by atoms with Gasteiger partial charge >= 0.3 is 0 Å². The number of H-pyrrole nitrogens is 1. The number of amides is 1. The van der Waals surface area contributed by atoms with Gasteiger partial charge in [0, 0.05) is 17.2 Å². The van der Waals surface area contributed by atoms with Gasteiger partial charge in [-0.25, -0.2) is 0 Å². The van der Waals surface area contributed by atoms with Crippen LogP contribution in [0.15, 0.2) is 24.3 Å². The van der Waals surface area contributed by atoms with Crippen molar-refractivity contribution in [3.63, 3.8) is 0 Å². The number of anilines is 1. The van der Waals surface area contributed by atoms with Gasteiger partial charge in [0.15, 0.2) is 0 Å². The number of nitrogens with zero attached hydrogens (tertiary/aromatic N) is 4. The second-order valence-electron chi connectivity index (χ2n) is 5.38. The van der Waals surface area contributed by atoms with Gasteiger partial charge in [0.05, 0.1) is 0 Å². The molecule has 0 aliphatic carbocycles. The number of carbonyl (C=O) groups is 1. The topological polar surface area (TPSA) is 86.8 Å². The van der Waals surface area contributed by atoms with Crippen molar-refractivity contribution in [1.82, 2.24) is 25.5 Å². The number of tetrazole rings is 1. The van der Waals surface area contributed by atoms with Gasteiger partial charge in [-0.2, -0.15) is 5.21 Å². The minimum atomic E-state index is 0.107. The molecular formula is C14H18N6O. The number of benzene rings is 1. The normalized spacial score (nSPS) is 16.8. The largest absolute Gasteiger partial charge is 0.326 e. The Kier molecular flexibility index (Phi) is 3.92. The summed E-state index contributed by atoms with van der Waals surface area (Å²) in [6, 6.07) is 7.46. The van der Waals surface area contributed by atoms with Gasteiger partial charge in [0.2, 0.25) is 11.7 Å². The number of rotatable bonds is 3. The van der Waals surface area contributed by atoms with E-state index in [2.05, 4.69) is 37.9 Å². The molecule has 0 radical (unpaired) electrons. The first-order valence-electron chi connectivity index (χ1n) is 7.05. The number of piperidine rings is 1. The Balaban J connectivity index is 1.61. The number of aromatic nitrogens is 4. The zero-order chi connectivity index (χ0) is 14.7. The third-order valence-corrected chi connectivity index (χ3v) is 3.85. The monoisotopic (exact) mass is 286 g/mol. The Morgan fingerprint density at radius 2 is 2.00 bits per heavy atom. The molecule has 2 heterocycles. The van der Waals surface area contributed by atoms with Crippen LogP contribution in [0.5, 0.6) is 0 Å². The standard InChI is InChI=1S/C14H18N6O/c1-20-8-6-11(7-9-20)14(21)15-12-4-2-10(3-5-12)13-16-18-19-17-13/h2-5,11H,6-9H2,1H3,(H,15,21)(H,16,17,18,19). The molecule has 0 bridgehead atoms. The summed E-state index contributed by atoms with van der Waals surface area (Å²) in [7, 11) is 2.09. The molecule has 0 spiro atoms. The van der Waals surface area contributed by atoms with Crippen LogP contribution in [0.2, 0.25) is 0 Å². The molecule has 1 aromatic heterocycles. The average Bonchev–Trinajstić information content (AvgIpc) is 3.03. The fraction of sp³-hybridized carbons (Fsp3) is 0.429. The number of nitrogens with one attached hydrogen (secondary N) is 2. The molecule has 2 N–H and O–H groups in total. The molecule has 7 heteroatoms. The molecular weight excluding hydrogens is 268 g/mol. The minimum absolute atomic E-state index is 0.107. The van der Waals surface area contributed by atoms with Crippen LogP contribution in [0.25, 0.3) is 11.4 Å². The Morgan fingerprint density at radius 3 is 2.62 bits per heavy atom. The second kappa shape index (κ2) is 6.01. The third-order valence-electron chi connectivity index (χ3n) is 3.85. The number of aromatic amines is 1. The van der Waals surface area contributed by atoms with Crippen LogP contribution in [0.4, 0.5) is 5.69 Å². The van der Waals surface area contributed by atoms with E-state index in [0.29, 0.717) is 5.82 Å². The molecule has 110 valence electrons. The van der Waals surface area contributed by atoms with Crippen molar-refractivity contribution in [3.05, 3.63) is 24.3 Å². The summed E-state index contributed by atoms with van der Waals surface area (Å²) in [5.74, 6) is 0.761. The average molecular weight is 286 g/mol. The first-order chi connectivity index (χ1) is 10.2. The zero-order valence-corrected chi connectivity index (χ0v) is 11.9. The Hall–Kier alpha value is -2.28. The van der Waals surface area contributed by atoms with Crippen molar-refractivity contribution in [2.45, 2.75) is 12.8 Å². The van der Waals surface area contributed by atoms with E-state index in [1.165, 1.54) is 0 Å². The van der Waals surface area contributed by atoms with Gasteiger partial charge in [0.1, 0.15) is 0 Å². The molecule has 1 amide bonds. The maximum Gasteiger partial charge on any atom is 0.227 e. The molecule has 3 rings (SSSR count). The summed E-state index contributed by atoms with van der Waals surface area (Å²) in [4.78, 5) is 14.5. The highest BCUT2D eigenvalue weighted by atomic mass is 16.1. The first kappa shape index (κ1) is 13.7. The van der Waals surface area contributed by atoms with Gasteiger partial charge in [-0.15, -0.1) is 10.2 Å². The predicted octanol–water partition coefficient (Wildman–Crippen LogP) is 1.15. The van der Waals surface area contributed by atoms with Crippen molar-refractivity contribution in [2.75, 3.05) is 25.5 Å². The highest BCUT2D eigenvalue weighted by Crippen LogP contribution is 2.20.